The predicted octanol–water partition coefficient (Wildman–Crippen LogP) is 3.03. The van der Waals surface area contributed by atoms with E-state index in [1.54, 1.807) is 30.3 Å². The maximum Gasteiger partial charge on any atom is 0.261 e. The van der Waals surface area contributed by atoms with Crippen molar-refractivity contribution in [3.05, 3.63) is 75.0 Å². The molecule has 2 amide bonds. The van der Waals surface area contributed by atoms with Gasteiger partial charge in [-0.25, -0.2) is 0 Å². The van der Waals surface area contributed by atoms with Crippen LogP contribution in [0.15, 0.2) is 53.5 Å². The Labute approximate surface area is 154 Å². The molecule has 0 aliphatic carbocycles. The van der Waals surface area contributed by atoms with Gasteiger partial charge < -0.3 is 15.6 Å². The number of amides is 2. The van der Waals surface area contributed by atoms with Gasteiger partial charge in [-0.05, 0) is 49.4 Å². The number of fused-ring (bicyclic) bond motifs is 1. The second kappa shape index (κ2) is 7.01. The summed E-state index contributed by atoms with van der Waals surface area (Å²) in [4.78, 5) is 36.4. The standard InChI is InChI=1S/C19H16ClN3O3/c1-2-23-10-15(17(24)14-9-12(20)5-8-16(14)23)19(26)22-13-6-3-11(4-7-13)18(21)25/h3-10H,2H2,1H3,(H2,21,25)(H,22,26). The molecule has 26 heavy (non-hydrogen) atoms. The van der Waals surface area contributed by atoms with E-state index in [2.05, 4.69) is 5.32 Å². The molecule has 0 unspecified atom stereocenters. The lowest BCUT2D eigenvalue weighted by molar-refractivity contribution is 0.0998. The highest BCUT2D eigenvalue weighted by Crippen LogP contribution is 2.18. The minimum Gasteiger partial charge on any atom is -0.366 e. The van der Waals surface area contributed by atoms with E-state index < -0.39 is 17.2 Å². The van der Waals surface area contributed by atoms with Crippen molar-refractivity contribution in [2.45, 2.75) is 13.5 Å². The summed E-state index contributed by atoms with van der Waals surface area (Å²) in [5, 5.41) is 3.47. The van der Waals surface area contributed by atoms with Gasteiger partial charge >= 0.3 is 0 Å². The number of benzene rings is 2. The highest BCUT2D eigenvalue weighted by molar-refractivity contribution is 6.31. The Hall–Kier alpha value is -3.12. The fourth-order valence-electron chi connectivity index (χ4n) is 2.71. The third-order valence-corrected chi connectivity index (χ3v) is 4.29. The number of nitrogens with two attached hydrogens (primary N) is 1. The molecule has 0 bridgehead atoms. The fourth-order valence-corrected chi connectivity index (χ4v) is 2.88. The molecular weight excluding hydrogens is 354 g/mol. The van der Waals surface area contributed by atoms with Crippen LogP contribution in [0.4, 0.5) is 5.69 Å². The lowest BCUT2D eigenvalue weighted by Crippen LogP contribution is -2.24. The van der Waals surface area contributed by atoms with E-state index in [1.165, 1.54) is 18.3 Å². The number of hydrogen-bond acceptors (Lipinski definition) is 3. The Kier molecular flexibility index (Phi) is 4.77. The van der Waals surface area contributed by atoms with Gasteiger partial charge in [-0.2, -0.15) is 0 Å². The van der Waals surface area contributed by atoms with Crippen LogP contribution in [0.2, 0.25) is 5.02 Å². The van der Waals surface area contributed by atoms with Crippen LogP contribution in [0.5, 0.6) is 0 Å². The van der Waals surface area contributed by atoms with Gasteiger partial charge in [0, 0.05) is 34.4 Å². The largest absolute Gasteiger partial charge is 0.366 e. The molecule has 2 aromatic carbocycles. The number of aryl methyl sites for hydroxylation is 1. The molecule has 7 heteroatoms. The molecule has 0 spiro atoms. The van der Waals surface area contributed by atoms with Crippen LogP contribution in [-0.4, -0.2) is 16.4 Å². The molecule has 6 nitrogen and oxygen atoms in total. The summed E-state index contributed by atoms with van der Waals surface area (Å²) in [6.07, 6.45) is 1.53. The Morgan fingerprint density at radius 2 is 1.85 bits per heavy atom. The topological polar surface area (TPSA) is 94.2 Å². The minimum atomic E-state index is -0.555. The average Bonchev–Trinajstić information content (AvgIpc) is 2.62. The number of carbonyl (C=O) groups excluding carboxylic acids is 2. The molecule has 1 heterocycles. The van der Waals surface area contributed by atoms with Gasteiger partial charge in [0.2, 0.25) is 11.3 Å². The van der Waals surface area contributed by atoms with Crippen LogP contribution in [0.25, 0.3) is 10.9 Å². The molecule has 0 saturated heterocycles. The van der Waals surface area contributed by atoms with Crippen LogP contribution in [0.3, 0.4) is 0 Å². The number of carbonyl (C=O) groups is 2. The molecule has 3 N–H and O–H groups in total. The zero-order valence-electron chi connectivity index (χ0n) is 14.0. The number of aromatic nitrogens is 1. The molecule has 0 aliphatic rings. The van der Waals surface area contributed by atoms with E-state index in [-0.39, 0.29) is 5.56 Å². The van der Waals surface area contributed by atoms with Crippen molar-refractivity contribution in [3.8, 4) is 0 Å². The van der Waals surface area contributed by atoms with Crippen molar-refractivity contribution in [2.75, 3.05) is 5.32 Å². The Bertz CT molecular complexity index is 1070. The lowest BCUT2D eigenvalue weighted by atomic mass is 10.1. The number of anilines is 1. The Morgan fingerprint density at radius 1 is 1.15 bits per heavy atom. The minimum absolute atomic E-state index is 0.0144. The smallest absolute Gasteiger partial charge is 0.261 e. The molecule has 1 aromatic heterocycles. The van der Waals surface area contributed by atoms with Gasteiger partial charge in [0.15, 0.2) is 0 Å². The Morgan fingerprint density at radius 3 is 2.46 bits per heavy atom. The summed E-state index contributed by atoms with van der Waals surface area (Å²) >= 11 is 6.00. The molecule has 3 aromatic rings. The maximum absolute atomic E-state index is 12.7. The van der Waals surface area contributed by atoms with Gasteiger partial charge in [-0.3, -0.25) is 14.4 Å². The molecule has 0 aliphatic heterocycles. The van der Waals surface area contributed by atoms with Gasteiger partial charge in [0.25, 0.3) is 5.91 Å². The van der Waals surface area contributed by atoms with Gasteiger partial charge in [-0.1, -0.05) is 11.6 Å². The number of pyridine rings is 1. The Balaban J connectivity index is 2.01. The number of primary amides is 1. The van der Waals surface area contributed by atoms with Crippen LogP contribution in [0, 0.1) is 0 Å². The third kappa shape index (κ3) is 3.32. The second-order valence-electron chi connectivity index (χ2n) is 5.72. The van der Waals surface area contributed by atoms with Gasteiger partial charge in [-0.15, -0.1) is 0 Å². The van der Waals surface area contributed by atoms with E-state index in [1.807, 2.05) is 11.5 Å². The number of rotatable bonds is 4. The summed E-state index contributed by atoms with van der Waals surface area (Å²) in [5.41, 5.74) is 6.31. The number of hydrogen-bond donors (Lipinski definition) is 2. The van der Waals surface area contributed by atoms with Gasteiger partial charge in [0.05, 0.1) is 5.52 Å². The van der Waals surface area contributed by atoms with Crippen molar-refractivity contribution < 1.29 is 9.59 Å². The summed E-state index contributed by atoms with van der Waals surface area (Å²) in [6, 6.07) is 11.1. The summed E-state index contributed by atoms with van der Waals surface area (Å²) < 4.78 is 1.82. The molecule has 0 fully saturated rings. The molecule has 0 radical (unpaired) electrons. The zero-order valence-corrected chi connectivity index (χ0v) is 14.7. The first-order valence-electron chi connectivity index (χ1n) is 7.94. The highest BCUT2D eigenvalue weighted by Gasteiger charge is 2.16. The molecule has 132 valence electrons. The van der Waals surface area contributed by atoms with Crippen LogP contribution in [-0.2, 0) is 6.54 Å². The van der Waals surface area contributed by atoms with E-state index in [0.717, 1.165) is 0 Å². The molecular formula is C19H16ClN3O3. The molecule has 0 atom stereocenters. The summed E-state index contributed by atoms with van der Waals surface area (Å²) in [5.74, 6) is -1.09. The first-order chi connectivity index (χ1) is 12.4. The van der Waals surface area contributed by atoms with Crippen molar-refractivity contribution in [3.63, 3.8) is 0 Å². The predicted molar refractivity (Wildman–Crippen MR) is 102 cm³/mol. The van der Waals surface area contributed by atoms with Crippen molar-refractivity contribution in [2.24, 2.45) is 5.73 Å². The number of halogens is 1. The van der Waals surface area contributed by atoms with Crippen LogP contribution < -0.4 is 16.5 Å². The summed E-state index contributed by atoms with van der Waals surface area (Å²) in [6.45, 7) is 2.51. The number of nitrogens with one attached hydrogen (secondary N) is 1. The van der Waals surface area contributed by atoms with E-state index >= 15 is 0 Å². The van der Waals surface area contributed by atoms with Crippen LogP contribution >= 0.6 is 11.6 Å². The first kappa shape index (κ1) is 17.7. The zero-order chi connectivity index (χ0) is 18.8. The van der Waals surface area contributed by atoms with E-state index in [9.17, 15) is 14.4 Å². The molecule has 0 saturated carbocycles. The second-order valence-corrected chi connectivity index (χ2v) is 6.15. The third-order valence-electron chi connectivity index (χ3n) is 4.05. The van der Waals surface area contributed by atoms with Gasteiger partial charge in [0.1, 0.15) is 5.56 Å². The molecule has 3 rings (SSSR count). The van der Waals surface area contributed by atoms with Crippen LogP contribution in [0.1, 0.15) is 27.6 Å². The maximum atomic E-state index is 12.7. The first-order valence-corrected chi connectivity index (χ1v) is 8.32. The van der Waals surface area contributed by atoms with Crippen molar-refractivity contribution in [1.29, 1.82) is 0 Å². The van der Waals surface area contributed by atoms with Crippen molar-refractivity contribution >= 4 is 40.0 Å². The summed E-state index contributed by atoms with van der Waals surface area (Å²) in [7, 11) is 0. The monoisotopic (exact) mass is 369 g/mol. The van der Waals surface area contributed by atoms with Crippen molar-refractivity contribution in [1.82, 2.24) is 4.57 Å². The normalized spacial score (nSPS) is 10.7. The number of nitrogens with zero attached hydrogens (tertiary/aromatic N) is 1. The quantitative estimate of drug-likeness (QED) is 0.740. The SMILES string of the molecule is CCn1cc(C(=O)Nc2ccc(C(N)=O)cc2)c(=O)c2cc(Cl)ccc21. The van der Waals surface area contributed by atoms with E-state index in [4.69, 9.17) is 17.3 Å². The fraction of sp³-hybridized carbons (Fsp3) is 0.105. The highest BCUT2D eigenvalue weighted by atomic mass is 35.5. The average molecular weight is 370 g/mol. The van der Waals surface area contributed by atoms with E-state index in [0.29, 0.717) is 33.7 Å². The lowest BCUT2D eigenvalue weighted by Gasteiger charge is -2.12.